The minimum atomic E-state index is 0.0278. The van der Waals surface area contributed by atoms with Gasteiger partial charge in [0.15, 0.2) is 0 Å². The molecule has 1 atom stereocenters. The molecule has 46 valence electrons. The Kier molecular flexibility index (Phi) is 1.39. The molecule has 0 spiro atoms. The van der Waals surface area contributed by atoms with Crippen LogP contribution in [0.5, 0.6) is 0 Å². The molecule has 0 aromatic heterocycles. The summed E-state index contributed by atoms with van der Waals surface area (Å²) in [5.41, 5.74) is 5.53. The highest BCUT2D eigenvalue weighted by atomic mass is 16.5. The molecule has 0 fully saturated rings. The van der Waals surface area contributed by atoms with Crippen molar-refractivity contribution in [1.29, 1.82) is 0 Å². The molecule has 0 aliphatic carbocycles. The van der Waals surface area contributed by atoms with Crippen molar-refractivity contribution in [3.05, 3.63) is 12.5 Å². The summed E-state index contributed by atoms with van der Waals surface area (Å²) in [4.78, 5) is 1.91. The van der Waals surface area contributed by atoms with Gasteiger partial charge < -0.3 is 15.4 Å². The molecule has 0 radical (unpaired) electrons. The number of likely N-dealkylation sites (N-methyl/N-ethyl adjacent to an activating group) is 1. The van der Waals surface area contributed by atoms with E-state index >= 15 is 0 Å². The number of nitrogens with two attached hydrogens (primary N) is 1. The molecule has 0 aromatic carbocycles. The lowest BCUT2D eigenvalue weighted by atomic mass is 10.5. The van der Waals surface area contributed by atoms with Crippen LogP contribution >= 0.6 is 0 Å². The Hall–Kier alpha value is -0.700. The van der Waals surface area contributed by atoms with Gasteiger partial charge >= 0.3 is 0 Å². The van der Waals surface area contributed by atoms with Gasteiger partial charge in [0.2, 0.25) is 0 Å². The molecule has 2 N–H and O–H groups in total. The van der Waals surface area contributed by atoms with Crippen molar-refractivity contribution in [2.24, 2.45) is 5.73 Å². The van der Waals surface area contributed by atoms with Crippen molar-refractivity contribution >= 4 is 0 Å². The van der Waals surface area contributed by atoms with Gasteiger partial charge in [0.25, 0.3) is 0 Å². The lowest BCUT2D eigenvalue weighted by Crippen LogP contribution is -2.41. The number of rotatable bonds is 0. The summed E-state index contributed by atoms with van der Waals surface area (Å²) in [5.74, 6) is 0. The summed E-state index contributed by atoms with van der Waals surface area (Å²) in [7, 11) is 1.92. The molecule has 0 saturated carbocycles. The average Bonchev–Trinajstić information content (AvgIpc) is 1.77. The van der Waals surface area contributed by atoms with E-state index in [0.29, 0.717) is 6.61 Å². The third-order valence-corrected chi connectivity index (χ3v) is 1.18. The molecule has 1 aliphatic rings. The van der Waals surface area contributed by atoms with Crippen LogP contribution in [0.25, 0.3) is 0 Å². The van der Waals surface area contributed by atoms with Crippen LogP contribution in [0, 0.1) is 0 Å². The van der Waals surface area contributed by atoms with Gasteiger partial charge in [-0.05, 0) is 0 Å². The number of hydrogen-bond donors (Lipinski definition) is 1. The maximum absolute atomic E-state index is 5.53. The first-order valence-electron chi connectivity index (χ1n) is 2.56. The second kappa shape index (κ2) is 2.05. The Bertz CT molecular complexity index is 103. The predicted octanol–water partition coefficient (Wildman–Crippen LogP) is -0.296. The SMILES string of the molecule is CN1C=COCC1N. The van der Waals surface area contributed by atoms with Crippen molar-refractivity contribution in [1.82, 2.24) is 4.90 Å². The second-order valence-corrected chi connectivity index (χ2v) is 1.85. The smallest absolute Gasteiger partial charge is 0.121 e. The van der Waals surface area contributed by atoms with Crippen LogP contribution in [-0.4, -0.2) is 24.7 Å². The van der Waals surface area contributed by atoms with E-state index in [2.05, 4.69) is 0 Å². The van der Waals surface area contributed by atoms with Gasteiger partial charge in [-0.15, -0.1) is 0 Å². The van der Waals surface area contributed by atoms with Gasteiger partial charge in [-0.3, -0.25) is 0 Å². The first-order valence-corrected chi connectivity index (χ1v) is 2.56. The summed E-state index contributed by atoms with van der Waals surface area (Å²) in [6.45, 7) is 0.590. The van der Waals surface area contributed by atoms with E-state index in [4.69, 9.17) is 10.5 Å². The van der Waals surface area contributed by atoms with Crippen LogP contribution in [0.4, 0.5) is 0 Å². The molecule has 3 heteroatoms. The average molecular weight is 114 g/mol. The first-order chi connectivity index (χ1) is 3.80. The van der Waals surface area contributed by atoms with E-state index in [1.54, 1.807) is 6.26 Å². The van der Waals surface area contributed by atoms with E-state index < -0.39 is 0 Å². The van der Waals surface area contributed by atoms with E-state index in [1.807, 2.05) is 18.1 Å². The normalized spacial score (nSPS) is 27.8. The molecule has 1 heterocycles. The molecule has 3 nitrogen and oxygen atoms in total. The van der Waals surface area contributed by atoms with Crippen molar-refractivity contribution in [3.8, 4) is 0 Å². The van der Waals surface area contributed by atoms with Crippen LogP contribution in [0.3, 0.4) is 0 Å². The lowest BCUT2D eigenvalue weighted by molar-refractivity contribution is 0.132. The van der Waals surface area contributed by atoms with Crippen LogP contribution < -0.4 is 5.73 Å². The van der Waals surface area contributed by atoms with Crippen LogP contribution in [-0.2, 0) is 4.74 Å². The highest BCUT2D eigenvalue weighted by Crippen LogP contribution is 1.97. The quantitative estimate of drug-likeness (QED) is 0.470. The van der Waals surface area contributed by atoms with E-state index in [1.165, 1.54) is 0 Å². The largest absolute Gasteiger partial charge is 0.496 e. The molecule has 0 aromatic rings. The maximum Gasteiger partial charge on any atom is 0.121 e. The van der Waals surface area contributed by atoms with Gasteiger partial charge in [-0.25, -0.2) is 0 Å². The topological polar surface area (TPSA) is 38.5 Å². The zero-order valence-corrected chi connectivity index (χ0v) is 4.87. The summed E-state index contributed by atoms with van der Waals surface area (Å²) in [6, 6.07) is 0. The zero-order chi connectivity index (χ0) is 5.98. The highest BCUT2D eigenvalue weighted by Gasteiger charge is 2.07. The Balaban J connectivity index is 2.47. The van der Waals surface area contributed by atoms with E-state index in [-0.39, 0.29) is 6.17 Å². The third-order valence-electron chi connectivity index (χ3n) is 1.18. The molecule has 0 saturated heterocycles. The van der Waals surface area contributed by atoms with Gasteiger partial charge in [0, 0.05) is 13.2 Å². The fourth-order valence-corrected chi connectivity index (χ4v) is 0.521. The van der Waals surface area contributed by atoms with Gasteiger partial charge in [-0.2, -0.15) is 0 Å². The molecule has 1 aliphatic heterocycles. The summed E-state index contributed by atoms with van der Waals surface area (Å²) in [6.07, 6.45) is 3.48. The monoisotopic (exact) mass is 114 g/mol. The molecule has 0 amide bonds. The van der Waals surface area contributed by atoms with Gasteiger partial charge in [0.05, 0.1) is 6.26 Å². The van der Waals surface area contributed by atoms with Crippen molar-refractivity contribution in [3.63, 3.8) is 0 Å². The number of hydrogen-bond acceptors (Lipinski definition) is 3. The molecule has 1 rings (SSSR count). The molecular formula is C5H10N2O. The summed E-state index contributed by atoms with van der Waals surface area (Å²) < 4.78 is 4.90. The van der Waals surface area contributed by atoms with Crippen LogP contribution in [0.15, 0.2) is 12.5 Å². The predicted molar refractivity (Wildman–Crippen MR) is 30.8 cm³/mol. The summed E-state index contributed by atoms with van der Waals surface area (Å²) >= 11 is 0. The molecule has 8 heavy (non-hydrogen) atoms. The summed E-state index contributed by atoms with van der Waals surface area (Å²) in [5, 5.41) is 0. The molecule has 0 bridgehead atoms. The molecule has 1 unspecified atom stereocenters. The van der Waals surface area contributed by atoms with Crippen molar-refractivity contribution in [2.45, 2.75) is 6.17 Å². The maximum atomic E-state index is 5.53. The van der Waals surface area contributed by atoms with E-state index in [9.17, 15) is 0 Å². The third kappa shape index (κ3) is 0.924. The standard InChI is InChI=1S/C5H10N2O/c1-7-2-3-8-4-5(7)6/h2-3,5H,4,6H2,1H3. The first kappa shape index (κ1) is 5.44. The Morgan fingerprint density at radius 3 is 3.00 bits per heavy atom. The Morgan fingerprint density at radius 1 is 1.88 bits per heavy atom. The van der Waals surface area contributed by atoms with Gasteiger partial charge in [-0.1, -0.05) is 0 Å². The second-order valence-electron chi connectivity index (χ2n) is 1.85. The highest BCUT2D eigenvalue weighted by molar-refractivity contribution is 4.81. The van der Waals surface area contributed by atoms with Crippen molar-refractivity contribution in [2.75, 3.05) is 13.7 Å². The van der Waals surface area contributed by atoms with E-state index in [0.717, 1.165) is 0 Å². The minimum absolute atomic E-state index is 0.0278. The van der Waals surface area contributed by atoms with Gasteiger partial charge in [0.1, 0.15) is 12.8 Å². The van der Waals surface area contributed by atoms with Crippen LogP contribution in [0.2, 0.25) is 0 Å². The fourth-order valence-electron chi connectivity index (χ4n) is 0.521. The Morgan fingerprint density at radius 2 is 2.62 bits per heavy atom. The number of nitrogens with zero attached hydrogens (tertiary/aromatic N) is 1. The van der Waals surface area contributed by atoms with Crippen LogP contribution in [0.1, 0.15) is 0 Å². The zero-order valence-electron chi connectivity index (χ0n) is 4.87. The Labute approximate surface area is 48.7 Å². The minimum Gasteiger partial charge on any atom is -0.496 e. The molecular weight excluding hydrogens is 104 g/mol. The fraction of sp³-hybridized carbons (Fsp3) is 0.600. The van der Waals surface area contributed by atoms with Crippen molar-refractivity contribution < 1.29 is 4.74 Å². The lowest BCUT2D eigenvalue weighted by Gasteiger charge is -2.25. The number of ether oxygens (including phenoxy) is 1.